The van der Waals surface area contributed by atoms with Gasteiger partial charge in [-0.1, -0.05) is 0 Å². The van der Waals surface area contributed by atoms with Crippen LogP contribution in [-0.4, -0.2) is 42.1 Å². The third-order valence-corrected chi connectivity index (χ3v) is 3.27. The number of carbonyl (C=O) groups excluding carboxylic acids is 1. The zero-order valence-electron chi connectivity index (χ0n) is 10.2. The van der Waals surface area contributed by atoms with Crippen LogP contribution in [0.4, 0.5) is 13.2 Å². The lowest BCUT2D eigenvalue weighted by Gasteiger charge is -2.24. The van der Waals surface area contributed by atoms with E-state index in [9.17, 15) is 18.0 Å². The highest BCUT2D eigenvalue weighted by Gasteiger charge is 2.28. The summed E-state index contributed by atoms with van der Waals surface area (Å²) in [6, 6.07) is 0.327. The van der Waals surface area contributed by atoms with Crippen LogP contribution >= 0.6 is 0 Å². The molecule has 1 aliphatic rings. The molecule has 1 aromatic rings. The van der Waals surface area contributed by atoms with Crippen molar-refractivity contribution in [3.05, 3.63) is 29.1 Å². The summed E-state index contributed by atoms with van der Waals surface area (Å²) in [5.41, 5.74) is -0.675. The normalized spacial score (nSPS) is 18.6. The standard InChI is InChI=1S/C12H13F3N2O2/c1-17(6-2-3-16-5-6)12(19)7-4-8(13)10(15)11(18)9(7)14/h4,6,16,18H,2-3,5H2,1H3. The fourth-order valence-corrected chi connectivity index (χ4v) is 2.07. The Morgan fingerprint density at radius 1 is 1.42 bits per heavy atom. The number of nitrogens with zero attached hydrogens (tertiary/aromatic N) is 1. The summed E-state index contributed by atoms with van der Waals surface area (Å²) in [4.78, 5) is 13.3. The molecule has 0 spiro atoms. The summed E-state index contributed by atoms with van der Waals surface area (Å²) in [7, 11) is 1.46. The highest BCUT2D eigenvalue weighted by atomic mass is 19.2. The lowest BCUT2D eigenvalue weighted by molar-refractivity contribution is 0.0737. The van der Waals surface area contributed by atoms with Gasteiger partial charge in [-0.05, 0) is 19.0 Å². The molecular weight excluding hydrogens is 261 g/mol. The van der Waals surface area contributed by atoms with Crippen LogP contribution in [0.5, 0.6) is 5.75 Å². The number of phenols is 1. The minimum Gasteiger partial charge on any atom is -0.503 e. The van der Waals surface area contributed by atoms with E-state index in [-0.39, 0.29) is 6.04 Å². The number of phenolic OH excluding ortho intramolecular Hbond substituents is 1. The van der Waals surface area contributed by atoms with E-state index in [2.05, 4.69) is 5.32 Å². The van der Waals surface area contributed by atoms with Gasteiger partial charge in [0.05, 0.1) is 5.56 Å². The first-order valence-electron chi connectivity index (χ1n) is 5.77. The highest BCUT2D eigenvalue weighted by Crippen LogP contribution is 2.27. The van der Waals surface area contributed by atoms with Gasteiger partial charge >= 0.3 is 0 Å². The van der Waals surface area contributed by atoms with Crippen molar-refractivity contribution < 1.29 is 23.1 Å². The molecule has 2 rings (SSSR count). The third kappa shape index (κ3) is 2.37. The molecule has 104 valence electrons. The molecule has 1 heterocycles. The number of nitrogens with one attached hydrogen (secondary N) is 1. The first kappa shape index (κ1) is 13.7. The second-order valence-electron chi connectivity index (χ2n) is 4.45. The van der Waals surface area contributed by atoms with Gasteiger partial charge in [-0.15, -0.1) is 0 Å². The Labute approximate surface area is 107 Å². The molecule has 0 bridgehead atoms. The number of benzene rings is 1. The van der Waals surface area contributed by atoms with Gasteiger partial charge in [0.1, 0.15) is 0 Å². The van der Waals surface area contributed by atoms with Crippen molar-refractivity contribution in [3.8, 4) is 5.75 Å². The number of hydrogen-bond acceptors (Lipinski definition) is 3. The van der Waals surface area contributed by atoms with E-state index in [1.54, 1.807) is 0 Å². The van der Waals surface area contributed by atoms with Crippen LogP contribution in [0, 0.1) is 17.5 Å². The van der Waals surface area contributed by atoms with E-state index in [0.29, 0.717) is 19.0 Å². The third-order valence-electron chi connectivity index (χ3n) is 3.27. The zero-order chi connectivity index (χ0) is 14.2. The molecule has 1 aromatic carbocycles. The van der Waals surface area contributed by atoms with Gasteiger partial charge in [0, 0.05) is 19.6 Å². The van der Waals surface area contributed by atoms with E-state index in [1.165, 1.54) is 11.9 Å². The monoisotopic (exact) mass is 274 g/mol. The van der Waals surface area contributed by atoms with Crippen LogP contribution in [0.2, 0.25) is 0 Å². The average Bonchev–Trinajstić information content (AvgIpc) is 2.92. The molecule has 2 N–H and O–H groups in total. The van der Waals surface area contributed by atoms with Crippen LogP contribution < -0.4 is 5.32 Å². The van der Waals surface area contributed by atoms with Crippen molar-refractivity contribution in [1.29, 1.82) is 0 Å². The maximum Gasteiger partial charge on any atom is 0.257 e. The van der Waals surface area contributed by atoms with Crippen LogP contribution in [0.25, 0.3) is 0 Å². The van der Waals surface area contributed by atoms with Crippen LogP contribution in [0.15, 0.2) is 6.07 Å². The Kier molecular flexibility index (Phi) is 3.66. The molecule has 1 amide bonds. The van der Waals surface area contributed by atoms with Crippen LogP contribution in [0.1, 0.15) is 16.8 Å². The molecule has 0 aliphatic carbocycles. The van der Waals surface area contributed by atoms with Crippen molar-refractivity contribution in [3.63, 3.8) is 0 Å². The van der Waals surface area contributed by atoms with E-state index in [1.807, 2.05) is 0 Å². The SMILES string of the molecule is CN(C(=O)c1cc(F)c(F)c(O)c1F)C1CCNC1. The Morgan fingerprint density at radius 2 is 2.11 bits per heavy atom. The number of halogens is 3. The molecule has 1 saturated heterocycles. The molecule has 1 unspecified atom stereocenters. The number of hydrogen-bond donors (Lipinski definition) is 2. The Hall–Kier alpha value is -1.76. The fraction of sp³-hybridized carbons (Fsp3) is 0.417. The van der Waals surface area contributed by atoms with Gasteiger partial charge in [-0.25, -0.2) is 8.78 Å². The average molecular weight is 274 g/mol. The number of rotatable bonds is 2. The second-order valence-corrected chi connectivity index (χ2v) is 4.45. The fourth-order valence-electron chi connectivity index (χ4n) is 2.07. The Bertz CT molecular complexity index is 516. The number of likely N-dealkylation sites (N-methyl/N-ethyl adjacent to an activating group) is 1. The molecule has 1 atom stereocenters. The van der Waals surface area contributed by atoms with Crippen molar-refractivity contribution in [2.45, 2.75) is 12.5 Å². The minimum atomic E-state index is -1.70. The summed E-state index contributed by atoms with van der Waals surface area (Å²) >= 11 is 0. The zero-order valence-corrected chi connectivity index (χ0v) is 10.2. The highest BCUT2D eigenvalue weighted by molar-refractivity contribution is 5.95. The lowest BCUT2D eigenvalue weighted by atomic mass is 10.1. The second kappa shape index (κ2) is 5.08. The number of carbonyl (C=O) groups is 1. The number of aromatic hydroxyl groups is 1. The minimum absolute atomic E-state index is 0.137. The predicted molar refractivity (Wildman–Crippen MR) is 61.3 cm³/mol. The van der Waals surface area contributed by atoms with Crippen LogP contribution in [0.3, 0.4) is 0 Å². The van der Waals surface area contributed by atoms with Crippen molar-refractivity contribution in [2.24, 2.45) is 0 Å². The molecule has 0 saturated carbocycles. The first-order valence-corrected chi connectivity index (χ1v) is 5.77. The Morgan fingerprint density at radius 3 is 2.68 bits per heavy atom. The van der Waals surface area contributed by atoms with E-state index < -0.39 is 34.7 Å². The maximum atomic E-state index is 13.6. The van der Waals surface area contributed by atoms with Gasteiger partial charge in [0.15, 0.2) is 17.4 Å². The lowest BCUT2D eigenvalue weighted by Crippen LogP contribution is -2.38. The Balaban J connectivity index is 2.33. The maximum absolute atomic E-state index is 13.6. The molecule has 7 heteroatoms. The summed E-state index contributed by atoms with van der Waals surface area (Å²) < 4.78 is 39.7. The van der Waals surface area contributed by atoms with Gasteiger partial charge < -0.3 is 15.3 Å². The van der Waals surface area contributed by atoms with Crippen molar-refractivity contribution in [2.75, 3.05) is 20.1 Å². The van der Waals surface area contributed by atoms with Crippen molar-refractivity contribution in [1.82, 2.24) is 10.2 Å². The molecular formula is C12H13F3N2O2. The summed E-state index contributed by atoms with van der Waals surface area (Å²) in [5, 5.41) is 12.1. The topological polar surface area (TPSA) is 52.6 Å². The molecule has 1 fully saturated rings. The summed E-state index contributed by atoms with van der Waals surface area (Å²) in [5.74, 6) is -6.86. The van der Waals surface area contributed by atoms with Crippen molar-refractivity contribution >= 4 is 5.91 Å². The first-order chi connectivity index (χ1) is 8.93. The molecule has 0 aromatic heterocycles. The van der Waals surface area contributed by atoms with Gasteiger partial charge in [-0.2, -0.15) is 4.39 Å². The van der Waals surface area contributed by atoms with Gasteiger partial charge in [0.25, 0.3) is 5.91 Å². The molecule has 1 aliphatic heterocycles. The quantitative estimate of drug-likeness (QED) is 0.798. The van der Waals surface area contributed by atoms with Crippen LogP contribution in [-0.2, 0) is 0 Å². The smallest absolute Gasteiger partial charge is 0.257 e. The predicted octanol–water partition coefficient (Wildman–Crippen LogP) is 1.24. The van der Waals surface area contributed by atoms with E-state index >= 15 is 0 Å². The largest absolute Gasteiger partial charge is 0.503 e. The molecule has 19 heavy (non-hydrogen) atoms. The summed E-state index contributed by atoms with van der Waals surface area (Å²) in [6.07, 6.45) is 0.694. The van der Waals surface area contributed by atoms with E-state index in [4.69, 9.17) is 5.11 Å². The van der Waals surface area contributed by atoms with Gasteiger partial charge in [0.2, 0.25) is 5.82 Å². The van der Waals surface area contributed by atoms with E-state index in [0.717, 1.165) is 6.54 Å². The molecule has 0 radical (unpaired) electrons. The molecule has 4 nitrogen and oxygen atoms in total. The number of amides is 1. The van der Waals surface area contributed by atoms with Gasteiger partial charge in [-0.3, -0.25) is 4.79 Å². The summed E-state index contributed by atoms with van der Waals surface area (Å²) in [6.45, 7) is 1.29.